The van der Waals surface area contributed by atoms with Gasteiger partial charge < -0.3 is 4.52 Å². The number of nitrogens with zero attached hydrogens (tertiary/aromatic N) is 4. The van der Waals surface area contributed by atoms with Crippen LogP contribution in [-0.4, -0.2) is 24.9 Å². The van der Waals surface area contributed by atoms with Crippen LogP contribution in [-0.2, 0) is 0 Å². The zero-order chi connectivity index (χ0) is 20.0. The summed E-state index contributed by atoms with van der Waals surface area (Å²) in [7, 11) is 0. The smallest absolute Gasteiger partial charge is 0.280 e. The van der Waals surface area contributed by atoms with E-state index in [1.807, 2.05) is 31.2 Å². The number of hydrogen-bond donors (Lipinski definition) is 1. The molecule has 0 atom stereocenters. The van der Waals surface area contributed by atoms with Crippen molar-refractivity contribution in [3.8, 4) is 28.3 Å². The summed E-state index contributed by atoms with van der Waals surface area (Å²) in [4.78, 5) is 21.5. The summed E-state index contributed by atoms with van der Waals surface area (Å²) < 4.78 is 6.66. The van der Waals surface area contributed by atoms with Crippen LogP contribution in [0.1, 0.15) is 5.69 Å². The highest BCUT2D eigenvalue weighted by Crippen LogP contribution is 2.31. The second-order valence-electron chi connectivity index (χ2n) is 6.56. The van der Waals surface area contributed by atoms with Gasteiger partial charge in [0.2, 0.25) is 0 Å². The fourth-order valence-corrected chi connectivity index (χ4v) is 3.53. The summed E-state index contributed by atoms with van der Waals surface area (Å²) in [5, 5.41) is 8.00. The zero-order valence-electron chi connectivity index (χ0n) is 15.3. The summed E-state index contributed by atoms with van der Waals surface area (Å²) in [6.45, 7) is 1.91. The van der Waals surface area contributed by atoms with E-state index in [2.05, 4.69) is 20.2 Å². The van der Waals surface area contributed by atoms with E-state index in [1.165, 1.54) is 11.0 Å². The van der Waals surface area contributed by atoms with E-state index in [0.29, 0.717) is 27.5 Å². The third-order valence-electron chi connectivity index (χ3n) is 4.77. The Balaban J connectivity index is 1.74. The number of hydrogen-bond acceptors (Lipinski definition) is 5. The van der Waals surface area contributed by atoms with Crippen LogP contribution in [0.25, 0.3) is 39.2 Å². The molecule has 0 saturated heterocycles. The van der Waals surface area contributed by atoms with E-state index in [1.54, 1.807) is 30.5 Å². The molecule has 0 unspecified atom stereocenters. The van der Waals surface area contributed by atoms with Crippen molar-refractivity contribution in [3.05, 3.63) is 82.1 Å². The van der Waals surface area contributed by atoms with Crippen molar-refractivity contribution < 1.29 is 4.52 Å². The number of H-pyrrole nitrogens is 1. The van der Waals surface area contributed by atoms with Crippen molar-refractivity contribution in [2.75, 3.05) is 0 Å². The van der Waals surface area contributed by atoms with Crippen LogP contribution in [0.4, 0.5) is 0 Å². The molecule has 3 heterocycles. The minimum Gasteiger partial charge on any atom is -0.334 e. The van der Waals surface area contributed by atoms with Gasteiger partial charge in [-0.2, -0.15) is 4.98 Å². The van der Waals surface area contributed by atoms with Gasteiger partial charge in [-0.25, -0.2) is 4.68 Å². The van der Waals surface area contributed by atoms with Crippen molar-refractivity contribution >= 4 is 22.5 Å². The second kappa shape index (κ2) is 6.72. The largest absolute Gasteiger partial charge is 0.334 e. The van der Waals surface area contributed by atoms with Gasteiger partial charge in [0.05, 0.1) is 16.6 Å². The summed E-state index contributed by atoms with van der Waals surface area (Å²) in [6, 6.07) is 14.8. The number of fused-ring (bicyclic) bond motifs is 1. The van der Waals surface area contributed by atoms with Gasteiger partial charge in [-0.1, -0.05) is 28.9 Å². The van der Waals surface area contributed by atoms with Crippen LogP contribution in [0.15, 0.2) is 70.4 Å². The average molecular weight is 404 g/mol. The molecule has 0 saturated carbocycles. The Morgan fingerprint density at radius 1 is 1.07 bits per heavy atom. The fraction of sp³-hybridized carbons (Fsp3) is 0.0476. The van der Waals surface area contributed by atoms with Crippen molar-refractivity contribution in [1.82, 2.24) is 24.9 Å². The Kier molecular flexibility index (Phi) is 4.03. The number of rotatable bonds is 3. The lowest BCUT2D eigenvalue weighted by atomic mass is 10.00. The summed E-state index contributed by atoms with van der Waals surface area (Å²) in [5.74, 6) is 0.428. The monoisotopic (exact) mass is 403 g/mol. The molecule has 0 aliphatic rings. The molecular formula is C21H14ClN5O2. The van der Waals surface area contributed by atoms with Gasteiger partial charge in [0.1, 0.15) is 0 Å². The molecule has 7 nitrogen and oxygen atoms in total. The molecule has 29 heavy (non-hydrogen) atoms. The lowest BCUT2D eigenvalue weighted by molar-refractivity contribution is 0.430. The maximum Gasteiger partial charge on any atom is 0.280 e. The van der Waals surface area contributed by atoms with Crippen LogP contribution < -0.4 is 5.56 Å². The quantitative estimate of drug-likeness (QED) is 0.482. The lowest BCUT2D eigenvalue weighted by Gasteiger charge is -2.08. The maximum atomic E-state index is 13.0. The maximum absolute atomic E-state index is 13.0. The van der Waals surface area contributed by atoms with Gasteiger partial charge in [-0.05, 0) is 48.9 Å². The highest BCUT2D eigenvalue weighted by molar-refractivity contribution is 6.30. The first-order valence-electron chi connectivity index (χ1n) is 8.85. The molecule has 5 aromatic rings. The summed E-state index contributed by atoms with van der Waals surface area (Å²) >= 11 is 5.98. The van der Waals surface area contributed by atoms with Crippen molar-refractivity contribution in [3.63, 3.8) is 0 Å². The van der Waals surface area contributed by atoms with Crippen molar-refractivity contribution in [2.24, 2.45) is 0 Å². The zero-order valence-corrected chi connectivity index (χ0v) is 16.0. The molecule has 0 amide bonds. The predicted octanol–water partition coefficient (Wildman–Crippen LogP) is 4.39. The number of halogens is 1. The van der Waals surface area contributed by atoms with Gasteiger partial charge in [-0.15, -0.1) is 0 Å². The molecule has 5 rings (SSSR count). The topological polar surface area (TPSA) is 89.6 Å². The Bertz CT molecular complexity index is 1390. The van der Waals surface area contributed by atoms with E-state index in [-0.39, 0.29) is 5.56 Å². The van der Waals surface area contributed by atoms with Crippen molar-refractivity contribution in [1.29, 1.82) is 0 Å². The Morgan fingerprint density at radius 3 is 2.62 bits per heavy atom. The first-order chi connectivity index (χ1) is 14.1. The SMILES string of the molecule is Cc1ncc2c(=O)n(-c3ccc(Cl)cc3)[nH]c2c1-c1cccc(-c2ncno2)c1. The first kappa shape index (κ1) is 17.4. The second-order valence-corrected chi connectivity index (χ2v) is 7.00. The van der Waals surface area contributed by atoms with Crippen LogP contribution in [0.5, 0.6) is 0 Å². The highest BCUT2D eigenvalue weighted by Gasteiger charge is 2.17. The van der Waals surface area contributed by atoms with Gasteiger partial charge in [0.15, 0.2) is 6.33 Å². The Hall–Kier alpha value is -3.71. The molecule has 0 spiro atoms. The Labute approximate surface area is 169 Å². The number of aryl methyl sites for hydroxylation is 1. The van der Waals surface area contributed by atoms with E-state index < -0.39 is 0 Å². The third-order valence-corrected chi connectivity index (χ3v) is 5.02. The molecular weight excluding hydrogens is 390 g/mol. The number of aromatic amines is 1. The van der Waals surface area contributed by atoms with Crippen LogP contribution in [0, 0.1) is 6.92 Å². The molecule has 0 fully saturated rings. The number of nitrogens with one attached hydrogen (secondary N) is 1. The molecule has 0 bridgehead atoms. The van der Waals surface area contributed by atoms with E-state index >= 15 is 0 Å². The normalized spacial score (nSPS) is 11.2. The average Bonchev–Trinajstić information content (AvgIpc) is 3.37. The van der Waals surface area contributed by atoms with Crippen molar-refractivity contribution in [2.45, 2.75) is 6.92 Å². The number of pyridine rings is 1. The molecule has 3 aromatic heterocycles. The standard InChI is InChI=1S/C21H14ClN5O2/c1-12-18(13-3-2-4-14(9-13)20-24-11-25-29-20)19-17(10-23-12)21(28)27(26-19)16-7-5-15(22)6-8-16/h2-11,26H,1H3. The fourth-order valence-electron chi connectivity index (χ4n) is 3.40. The van der Waals surface area contributed by atoms with Gasteiger partial charge >= 0.3 is 0 Å². The lowest BCUT2D eigenvalue weighted by Crippen LogP contribution is -2.14. The van der Waals surface area contributed by atoms with E-state index in [4.69, 9.17) is 16.1 Å². The first-order valence-corrected chi connectivity index (χ1v) is 9.23. The molecule has 0 aliphatic carbocycles. The van der Waals surface area contributed by atoms with Gasteiger partial charge in [0.25, 0.3) is 11.4 Å². The molecule has 142 valence electrons. The van der Waals surface area contributed by atoms with E-state index in [9.17, 15) is 4.79 Å². The number of benzene rings is 2. The number of aromatic nitrogens is 5. The minimum atomic E-state index is -0.177. The Morgan fingerprint density at radius 2 is 1.86 bits per heavy atom. The molecule has 2 aromatic carbocycles. The minimum absolute atomic E-state index is 0.177. The third kappa shape index (κ3) is 2.92. The van der Waals surface area contributed by atoms with Gasteiger partial charge in [0, 0.05) is 28.0 Å². The molecule has 0 radical (unpaired) electrons. The van der Waals surface area contributed by atoms with Crippen LogP contribution in [0.2, 0.25) is 5.02 Å². The molecule has 8 heteroatoms. The molecule has 0 aliphatic heterocycles. The van der Waals surface area contributed by atoms with Crippen LogP contribution in [0.3, 0.4) is 0 Å². The van der Waals surface area contributed by atoms with E-state index in [0.717, 1.165) is 22.4 Å². The van der Waals surface area contributed by atoms with Crippen LogP contribution >= 0.6 is 11.6 Å². The summed E-state index contributed by atoms with van der Waals surface area (Å²) in [5.41, 5.74) is 4.54. The molecule has 1 N–H and O–H groups in total. The highest BCUT2D eigenvalue weighted by atomic mass is 35.5. The van der Waals surface area contributed by atoms with Gasteiger partial charge in [-0.3, -0.25) is 14.9 Å². The summed E-state index contributed by atoms with van der Waals surface area (Å²) in [6.07, 6.45) is 2.96. The predicted molar refractivity (Wildman–Crippen MR) is 110 cm³/mol.